The number of benzene rings is 1. The summed E-state index contributed by atoms with van der Waals surface area (Å²) in [5, 5.41) is 3.56. The summed E-state index contributed by atoms with van der Waals surface area (Å²) in [5.74, 6) is -0.200. The zero-order chi connectivity index (χ0) is 14.5. The molecule has 0 aliphatic rings. The predicted octanol–water partition coefficient (Wildman–Crippen LogP) is 5.46. The Bertz CT molecular complexity index is 398. The van der Waals surface area contributed by atoms with Crippen LogP contribution in [0.4, 0.5) is 4.39 Å². The molecular formula is C16H25BrFN. The van der Waals surface area contributed by atoms with Crippen LogP contribution in [-0.4, -0.2) is 6.54 Å². The van der Waals surface area contributed by atoms with Crippen molar-refractivity contribution in [1.29, 1.82) is 0 Å². The van der Waals surface area contributed by atoms with Gasteiger partial charge in [0.1, 0.15) is 5.82 Å². The lowest BCUT2D eigenvalue weighted by Gasteiger charge is -2.24. The molecule has 1 unspecified atom stereocenters. The average molecular weight is 330 g/mol. The van der Waals surface area contributed by atoms with Crippen LogP contribution in [-0.2, 0) is 0 Å². The summed E-state index contributed by atoms with van der Waals surface area (Å²) in [6.07, 6.45) is 3.32. The Morgan fingerprint density at radius 1 is 1.32 bits per heavy atom. The Hall–Kier alpha value is -0.410. The Balaban J connectivity index is 2.79. The summed E-state index contributed by atoms with van der Waals surface area (Å²) in [7, 11) is 0. The molecule has 3 heteroatoms. The van der Waals surface area contributed by atoms with E-state index in [-0.39, 0.29) is 5.82 Å². The number of halogens is 2. The minimum absolute atomic E-state index is 0.200. The van der Waals surface area contributed by atoms with E-state index in [9.17, 15) is 4.39 Å². The summed E-state index contributed by atoms with van der Waals surface area (Å²) in [4.78, 5) is 0. The maximum absolute atomic E-state index is 13.3. The van der Waals surface area contributed by atoms with Crippen molar-refractivity contribution in [3.8, 4) is 0 Å². The van der Waals surface area contributed by atoms with Crippen molar-refractivity contribution in [2.45, 2.75) is 53.0 Å². The Labute approximate surface area is 125 Å². The summed E-state index contributed by atoms with van der Waals surface area (Å²) in [5.41, 5.74) is 1.48. The Kier molecular flexibility index (Phi) is 6.48. The second-order valence-corrected chi connectivity index (χ2v) is 7.13. The zero-order valence-corrected chi connectivity index (χ0v) is 14.0. The molecule has 1 rings (SSSR count). The molecule has 0 bridgehead atoms. The molecule has 0 amide bonds. The molecule has 0 saturated heterocycles. The lowest BCUT2D eigenvalue weighted by atomic mass is 9.87. The van der Waals surface area contributed by atoms with Crippen molar-refractivity contribution < 1.29 is 4.39 Å². The fraction of sp³-hybridized carbons (Fsp3) is 0.625. The molecule has 0 aromatic heterocycles. The number of hydrogen-bond donors (Lipinski definition) is 1. The molecule has 0 fully saturated rings. The van der Waals surface area contributed by atoms with Gasteiger partial charge < -0.3 is 5.32 Å². The van der Waals surface area contributed by atoms with Gasteiger partial charge in [-0.3, -0.25) is 0 Å². The molecule has 0 radical (unpaired) electrons. The maximum atomic E-state index is 13.3. The normalized spacial score (nSPS) is 13.6. The molecule has 0 spiro atoms. The highest BCUT2D eigenvalue weighted by Gasteiger charge is 2.17. The standard InChI is InChI=1S/C16H25BrFN/c1-5-10-19-15(8-9-16(2,3)4)12-6-7-14(18)13(17)11-12/h6-7,11,15,19H,5,8-10H2,1-4H3. The van der Waals surface area contributed by atoms with Crippen LogP contribution in [0.1, 0.15) is 58.6 Å². The number of rotatable bonds is 6. The molecule has 19 heavy (non-hydrogen) atoms. The van der Waals surface area contributed by atoms with Crippen LogP contribution in [0.15, 0.2) is 22.7 Å². The van der Waals surface area contributed by atoms with E-state index in [1.165, 1.54) is 6.07 Å². The lowest BCUT2D eigenvalue weighted by Crippen LogP contribution is -2.23. The monoisotopic (exact) mass is 329 g/mol. The van der Waals surface area contributed by atoms with E-state index in [1.807, 2.05) is 12.1 Å². The third-order valence-corrected chi connectivity index (χ3v) is 3.78. The summed E-state index contributed by atoms with van der Waals surface area (Å²) in [6.45, 7) is 9.91. The van der Waals surface area contributed by atoms with E-state index >= 15 is 0 Å². The topological polar surface area (TPSA) is 12.0 Å². The molecule has 0 saturated carbocycles. The van der Waals surface area contributed by atoms with E-state index in [0.29, 0.717) is 15.9 Å². The van der Waals surface area contributed by atoms with Crippen molar-refractivity contribution in [3.05, 3.63) is 34.1 Å². The van der Waals surface area contributed by atoms with Gasteiger partial charge in [0.15, 0.2) is 0 Å². The quantitative estimate of drug-likeness (QED) is 0.731. The average Bonchev–Trinajstić information content (AvgIpc) is 2.32. The van der Waals surface area contributed by atoms with Crippen LogP contribution >= 0.6 is 15.9 Å². The highest BCUT2D eigenvalue weighted by molar-refractivity contribution is 9.10. The van der Waals surface area contributed by atoms with E-state index < -0.39 is 0 Å². The smallest absolute Gasteiger partial charge is 0.137 e. The van der Waals surface area contributed by atoms with Crippen LogP contribution < -0.4 is 5.32 Å². The largest absolute Gasteiger partial charge is 0.310 e. The predicted molar refractivity (Wildman–Crippen MR) is 83.8 cm³/mol. The molecule has 0 heterocycles. The van der Waals surface area contributed by atoms with E-state index in [0.717, 1.165) is 31.4 Å². The zero-order valence-electron chi connectivity index (χ0n) is 12.4. The fourth-order valence-corrected chi connectivity index (χ4v) is 2.41. The van der Waals surface area contributed by atoms with Gasteiger partial charge in [0.25, 0.3) is 0 Å². The molecular weight excluding hydrogens is 305 g/mol. The second kappa shape index (κ2) is 7.39. The molecule has 0 aliphatic heterocycles. The minimum Gasteiger partial charge on any atom is -0.310 e. The van der Waals surface area contributed by atoms with Gasteiger partial charge in [-0.15, -0.1) is 0 Å². The van der Waals surface area contributed by atoms with Crippen LogP contribution in [0, 0.1) is 11.2 Å². The first kappa shape index (κ1) is 16.6. The van der Waals surface area contributed by atoms with Gasteiger partial charge in [0, 0.05) is 6.04 Å². The van der Waals surface area contributed by atoms with Gasteiger partial charge in [0.05, 0.1) is 4.47 Å². The van der Waals surface area contributed by atoms with Gasteiger partial charge in [0.2, 0.25) is 0 Å². The Morgan fingerprint density at radius 2 is 2.00 bits per heavy atom. The first-order valence-corrected chi connectivity index (χ1v) is 7.81. The van der Waals surface area contributed by atoms with Crippen LogP contribution in [0.25, 0.3) is 0 Å². The van der Waals surface area contributed by atoms with E-state index in [1.54, 1.807) is 0 Å². The van der Waals surface area contributed by atoms with Crippen LogP contribution in [0.5, 0.6) is 0 Å². The molecule has 108 valence electrons. The van der Waals surface area contributed by atoms with E-state index in [2.05, 4.69) is 48.9 Å². The molecule has 1 aromatic rings. The van der Waals surface area contributed by atoms with Crippen molar-refractivity contribution in [2.24, 2.45) is 5.41 Å². The van der Waals surface area contributed by atoms with E-state index in [4.69, 9.17) is 0 Å². The van der Waals surface area contributed by atoms with Gasteiger partial charge in [-0.05, 0) is 64.8 Å². The van der Waals surface area contributed by atoms with Gasteiger partial charge in [-0.25, -0.2) is 4.39 Å². The minimum atomic E-state index is -0.200. The molecule has 1 nitrogen and oxygen atoms in total. The van der Waals surface area contributed by atoms with Gasteiger partial charge >= 0.3 is 0 Å². The number of nitrogens with one attached hydrogen (secondary N) is 1. The number of hydrogen-bond acceptors (Lipinski definition) is 1. The summed E-state index contributed by atoms with van der Waals surface area (Å²) >= 11 is 3.27. The van der Waals surface area contributed by atoms with Crippen molar-refractivity contribution in [3.63, 3.8) is 0 Å². The highest BCUT2D eigenvalue weighted by Crippen LogP contribution is 2.29. The Morgan fingerprint density at radius 3 is 2.53 bits per heavy atom. The molecule has 1 atom stereocenters. The van der Waals surface area contributed by atoms with Gasteiger partial charge in [-0.1, -0.05) is 33.8 Å². The molecule has 1 aromatic carbocycles. The fourth-order valence-electron chi connectivity index (χ4n) is 2.01. The van der Waals surface area contributed by atoms with Gasteiger partial charge in [-0.2, -0.15) is 0 Å². The van der Waals surface area contributed by atoms with Crippen LogP contribution in [0.3, 0.4) is 0 Å². The SMILES string of the molecule is CCCNC(CCC(C)(C)C)c1ccc(F)c(Br)c1. The lowest BCUT2D eigenvalue weighted by molar-refractivity contribution is 0.332. The third-order valence-electron chi connectivity index (χ3n) is 3.17. The molecule has 0 aliphatic carbocycles. The third kappa shape index (κ3) is 6.05. The second-order valence-electron chi connectivity index (χ2n) is 6.28. The van der Waals surface area contributed by atoms with Crippen molar-refractivity contribution in [1.82, 2.24) is 5.32 Å². The van der Waals surface area contributed by atoms with Crippen molar-refractivity contribution in [2.75, 3.05) is 6.54 Å². The first-order chi connectivity index (χ1) is 8.83. The van der Waals surface area contributed by atoms with Crippen molar-refractivity contribution >= 4 is 15.9 Å². The van der Waals surface area contributed by atoms with Crippen LogP contribution in [0.2, 0.25) is 0 Å². The first-order valence-electron chi connectivity index (χ1n) is 7.02. The summed E-state index contributed by atoms with van der Waals surface area (Å²) in [6, 6.07) is 5.62. The summed E-state index contributed by atoms with van der Waals surface area (Å²) < 4.78 is 13.9. The highest BCUT2D eigenvalue weighted by atomic mass is 79.9. The molecule has 1 N–H and O–H groups in total. The maximum Gasteiger partial charge on any atom is 0.137 e.